The number of rotatable bonds is 3. The van der Waals surface area contributed by atoms with Crippen LogP contribution in [0.25, 0.3) is 10.9 Å². The number of urea groups is 1. The van der Waals surface area contributed by atoms with E-state index in [4.69, 9.17) is 0 Å². The number of nitrogens with zero attached hydrogens (tertiary/aromatic N) is 4. The second-order valence-electron chi connectivity index (χ2n) is 6.47. The van der Waals surface area contributed by atoms with Crippen LogP contribution in [-0.4, -0.2) is 31.8 Å². The van der Waals surface area contributed by atoms with Crippen LogP contribution in [0.1, 0.15) is 12.5 Å². The first-order valence-corrected chi connectivity index (χ1v) is 8.23. The molecule has 8 nitrogen and oxygen atoms in total. The van der Waals surface area contributed by atoms with Crippen LogP contribution in [0, 0.1) is 11.6 Å². The van der Waals surface area contributed by atoms with Crippen molar-refractivity contribution in [1.82, 2.24) is 25.2 Å². The van der Waals surface area contributed by atoms with E-state index in [-0.39, 0.29) is 10.9 Å². The molecule has 1 saturated heterocycles. The van der Waals surface area contributed by atoms with Crippen molar-refractivity contribution in [3.05, 3.63) is 70.0 Å². The third kappa shape index (κ3) is 2.61. The topological polar surface area (TPSA) is 97.2 Å². The van der Waals surface area contributed by atoms with Gasteiger partial charge in [0, 0.05) is 5.56 Å². The summed E-state index contributed by atoms with van der Waals surface area (Å²) in [5.41, 5.74) is -2.31. The van der Waals surface area contributed by atoms with Gasteiger partial charge >= 0.3 is 6.03 Å². The molecular formula is C18H13F2N5O3. The first kappa shape index (κ1) is 17.7. The van der Waals surface area contributed by atoms with Gasteiger partial charge in [0.15, 0.2) is 0 Å². The Morgan fingerprint density at radius 3 is 2.64 bits per heavy atom. The van der Waals surface area contributed by atoms with Crippen LogP contribution in [0.5, 0.6) is 0 Å². The van der Waals surface area contributed by atoms with E-state index < -0.39 is 41.3 Å². The normalized spacial score (nSPS) is 19.3. The first-order chi connectivity index (χ1) is 13.3. The molecule has 1 aliphatic heterocycles. The second kappa shape index (κ2) is 6.19. The average Bonchev–Trinajstić information content (AvgIpc) is 2.89. The number of carbonyl (C=O) groups excluding carboxylic acids is 2. The molecule has 3 amide bonds. The Morgan fingerprint density at radius 1 is 1.11 bits per heavy atom. The SMILES string of the molecule is CC1(c2cc(F)ccc2F)NC(=O)N(Cn2nnc3ccccc3c2=O)C1=O. The highest BCUT2D eigenvalue weighted by Crippen LogP contribution is 2.31. The number of aromatic nitrogens is 3. The molecule has 1 fully saturated rings. The van der Waals surface area contributed by atoms with Gasteiger partial charge in [-0.15, -0.1) is 5.10 Å². The van der Waals surface area contributed by atoms with Crippen LogP contribution in [0.4, 0.5) is 13.6 Å². The summed E-state index contributed by atoms with van der Waals surface area (Å²) in [6.07, 6.45) is 0. The zero-order chi connectivity index (χ0) is 20.1. The number of imide groups is 1. The van der Waals surface area contributed by atoms with Gasteiger partial charge in [-0.2, -0.15) is 4.68 Å². The van der Waals surface area contributed by atoms with Gasteiger partial charge in [-0.3, -0.25) is 9.59 Å². The van der Waals surface area contributed by atoms with E-state index in [0.717, 1.165) is 22.9 Å². The second-order valence-corrected chi connectivity index (χ2v) is 6.47. The number of hydrogen-bond donors (Lipinski definition) is 1. The quantitative estimate of drug-likeness (QED) is 0.689. The van der Waals surface area contributed by atoms with Gasteiger partial charge in [0.05, 0.1) is 5.39 Å². The summed E-state index contributed by atoms with van der Waals surface area (Å²) >= 11 is 0. The highest BCUT2D eigenvalue weighted by atomic mass is 19.1. The summed E-state index contributed by atoms with van der Waals surface area (Å²) in [7, 11) is 0. The van der Waals surface area contributed by atoms with Crippen molar-refractivity contribution in [2.45, 2.75) is 19.1 Å². The fourth-order valence-corrected chi connectivity index (χ4v) is 3.14. The molecule has 0 bridgehead atoms. The zero-order valence-electron chi connectivity index (χ0n) is 14.5. The van der Waals surface area contributed by atoms with Crippen LogP contribution in [-0.2, 0) is 17.0 Å². The molecule has 1 N–H and O–H groups in total. The number of amides is 3. The molecule has 142 valence electrons. The Kier molecular flexibility index (Phi) is 3.91. The minimum Gasteiger partial charge on any atom is -0.319 e. The van der Waals surface area contributed by atoms with E-state index in [2.05, 4.69) is 15.6 Å². The first-order valence-electron chi connectivity index (χ1n) is 8.23. The van der Waals surface area contributed by atoms with Gasteiger partial charge in [-0.25, -0.2) is 18.5 Å². The number of nitrogens with one attached hydrogen (secondary N) is 1. The molecule has 3 aromatic rings. The molecule has 0 saturated carbocycles. The van der Waals surface area contributed by atoms with Crippen molar-refractivity contribution in [3.63, 3.8) is 0 Å². The molecule has 0 aliphatic carbocycles. The van der Waals surface area contributed by atoms with E-state index in [1.165, 1.54) is 6.92 Å². The molecule has 0 spiro atoms. The number of halogens is 2. The Balaban J connectivity index is 1.72. The number of hydrogen-bond acceptors (Lipinski definition) is 5. The molecule has 28 heavy (non-hydrogen) atoms. The molecule has 1 atom stereocenters. The van der Waals surface area contributed by atoms with Gasteiger partial charge in [-0.05, 0) is 37.3 Å². The highest BCUT2D eigenvalue weighted by Gasteiger charge is 2.50. The molecule has 2 heterocycles. The number of benzene rings is 2. The fraction of sp³-hybridized carbons (Fsp3) is 0.167. The third-order valence-corrected chi connectivity index (χ3v) is 4.65. The maximum atomic E-state index is 14.2. The van der Waals surface area contributed by atoms with E-state index >= 15 is 0 Å². The van der Waals surface area contributed by atoms with Gasteiger partial charge in [-0.1, -0.05) is 17.3 Å². The fourth-order valence-electron chi connectivity index (χ4n) is 3.14. The van der Waals surface area contributed by atoms with Gasteiger partial charge in [0.25, 0.3) is 11.5 Å². The number of carbonyl (C=O) groups is 2. The minimum absolute atomic E-state index is 0.267. The molecule has 4 rings (SSSR count). The zero-order valence-corrected chi connectivity index (χ0v) is 14.5. The van der Waals surface area contributed by atoms with Crippen LogP contribution in [0.2, 0.25) is 0 Å². The third-order valence-electron chi connectivity index (χ3n) is 4.65. The number of fused-ring (bicyclic) bond motifs is 1. The van der Waals surface area contributed by atoms with Crippen molar-refractivity contribution < 1.29 is 18.4 Å². The molecule has 1 aliphatic rings. The highest BCUT2D eigenvalue weighted by molar-refractivity contribution is 6.07. The lowest BCUT2D eigenvalue weighted by Gasteiger charge is -2.22. The summed E-state index contributed by atoms with van der Waals surface area (Å²) < 4.78 is 28.6. The van der Waals surface area contributed by atoms with E-state index in [1.54, 1.807) is 24.3 Å². The summed E-state index contributed by atoms with van der Waals surface area (Å²) in [4.78, 5) is 38.5. The predicted octanol–water partition coefficient (Wildman–Crippen LogP) is 1.49. The smallest absolute Gasteiger partial charge is 0.319 e. The summed E-state index contributed by atoms with van der Waals surface area (Å²) in [6, 6.07) is 8.25. The van der Waals surface area contributed by atoms with Gasteiger partial charge in [0.1, 0.15) is 29.4 Å². The Hall–Kier alpha value is -3.69. The van der Waals surface area contributed by atoms with Gasteiger partial charge in [0.2, 0.25) is 0 Å². The Labute approximate surface area is 156 Å². The molecular weight excluding hydrogens is 372 g/mol. The van der Waals surface area contributed by atoms with Crippen LogP contribution < -0.4 is 10.9 Å². The lowest BCUT2D eigenvalue weighted by atomic mass is 9.91. The summed E-state index contributed by atoms with van der Waals surface area (Å²) in [5.74, 6) is -2.44. The van der Waals surface area contributed by atoms with Crippen LogP contribution in [0.3, 0.4) is 0 Å². The van der Waals surface area contributed by atoms with Gasteiger partial charge < -0.3 is 5.32 Å². The molecule has 0 radical (unpaired) electrons. The largest absolute Gasteiger partial charge is 0.326 e. The Morgan fingerprint density at radius 2 is 1.86 bits per heavy atom. The molecule has 10 heteroatoms. The van der Waals surface area contributed by atoms with Crippen molar-refractivity contribution in [2.75, 3.05) is 0 Å². The van der Waals surface area contributed by atoms with Crippen molar-refractivity contribution in [3.8, 4) is 0 Å². The molecule has 2 aromatic carbocycles. The summed E-state index contributed by atoms with van der Waals surface area (Å²) in [5, 5.41) is 10.3. The molecule has 1 aromatic heterocycles. The predicted molar refractivity (Wildman–Crippen MR) is 92.9 cm³/mol. The summed E-state index contributed by atoms with van der Waals surface area (Å²) in [6.45, 7) is 0.744. The standard InChI is InChI=1S/C18H13F2N5O3/c1-18(12-8-10(19)6-7-13(12)20)16(27)24(17(28)21-18)9-25-15(26)11-4-2-3-5-14(11)22-23-25/h2-8H,9H2,1H3,(H,21,28). The Bertz CT molecular complexity index is 1200. The van der Waals surface area contributed by atoms with Crippen LogP contribution in [0.15, 0.2) is 47.3 Å². The van der Waals surface area contributed by atoms with E-state index in [9.17, 15) is 23.2 Å². The maximum Gasteiger partial charge on any atom is 0.326 e. The molecule has 1 unspecified atom stereocenters. The average molecular weight is 385 g/mol. The van der Waals surface area contributed by atoms with Crippen molar-refractivity contribution >= 4 is 22.8 Å². The maximum absolute atomic E-state index is 14.2. The van der Waals surface area contributed by atoms with Crippen LogP contribution >= 0.6 is 0 Å². The lowest BCUT2D eigenvalue weighted by molar-refractivity contribution is -0.132. The van der Waals surface area contributed by atoms with E-state index in [1.807, 2.05) is 0 Å². The van der Waals surface area contributed by atoms with Crippen molar-refractivity contribution in [1.29, 1.82) is 0 Å². The van der Waals surface area contributed by atoms with Crippen molar-refractivity contribution in [2.24, 2.45) is 0 Å². The minimum atomic E-state index is -1.82. The van der Waals surface area contributed by atoms with E-state index in [0.29, 0.717) is 10.4 Å². The lowest BCUT2D eigenvalue weighted by Crippen LogP contribution is -2.42. The monoisotopic (exact) mass is 385 g/mol.